The largest absolute Gasteiger partial charge is 0.494 e. The van der Waals surface area contributed by atoms with Crippen molar-refractivity contribution in [3.63, 3.8) is 0 Å². The topological polar surface area (TPSA) is 83.5 Å². The molecule has 0 saturated carbocycles. The third-order valence-corrected chi connectivity index (χ3v) is 4.94. The van der Waals surface area contributed by atoms with Crippen LogP contribution in [0.25, 0.3) is 10.8 Å². The number of anilines is 1. The van der Waals surface area contributed by atoms with Crippen LogP contribution >= 0.6 is 0 Å². The van der Waals surface area contributed by atoms with E-state index in [1.165, 1.54) is 13.2 Å². The summed E-state index contributed by atoms with van der Waals surface area (Å²) in [6.07, 6.45) is 2.33. The Morgan fingerprint density at radius 2 is 2.00 bits per heavy atom. The van der Waals surface area contributed by atoms with Gasteiger partial charge in [-0.15, -0.1) is 0 Å². The maximum Gasteiger partial charge on any atom is 0.251 e. The lowest BCUT2D eigenvalue weighted by atomic mass is 10.0. The Balaban J connectivity index is 1.81. The van der Waals surface area contributed by atoms with E-state index in [0.717, 1.165) is 10.8 Å². The number of hydrogen-bond acceptors (Lipinski definition) is 5. The zero-order valence-corrected chi connectivity index (χ0v) is 17.3. The number of fused-ring (bicyclic) bond motifs is 1. The van der Waals surface area contributed by atoms with E-state index in [0.29, 0.717) is 23.4 Å². The maximum absolute atomic E-state index is 14.1. The smallest absolute Gasteiger partial charge is 0.251 e. The minimum Gasteiger partial charge on any atom is -0.494 e. The number of aromatic nitrogens is 1. The number of nitrogens with one attached hydrogen (secondary N) is 2. The Morgan fingerprint density at radius 3 is 2.67 bits per heavy atom. The SMILES string of the molecule is CCC(NC(=O)c1ccc2cnc(NC(C)CO)cc2c1)c1ccc(OC)c(F)c1. The lowest BCUT2D eigenvalue weighted by Gasteiger charge is -2.18. The van der Waals surface area contributed by atoms with Gasteiger partial charge in [-0.25, -0.2) is 9.37 Å². The first-order valence-corrected chi connectivity index (χ1v) is 9.86. The first-order valence-electron chi connectivity index (χ1n) is 9.86. The maximum atomic E-state index is 14.1. The van der Waals surface area contributed by atoms with Gasteiger partial charge in [0.2, 0.25) is 0 Å². The van der Waals surface area contributed by atoms with Crippen molar-refractivity contribution in [2.24, 2.45) is 0 Å². The van der Waals surface area contributed by atoms with E-state index in [9.17, 15) is 14.3 Å². The van der Waals surface area contributed by atoms with E-state index in [2.05, 4.69) is 15.6 Å². The van der Waals surface area contributed by atoms with Crippen LogP contribution in [0, 0.1) is 5.82 Å². The molecule has 30 heavy (non-hydrogen) atoms. The number of nitrogens with zero attached hydrogens (tertiary/aromatic N) is 1. The number of ether oxygens (including phenoxy) is 1. The van der Waals surface area contributed by atoms with Gasteiger partial charge in [0.05, 0.1) is 19.8 Å². The monoisotopic (exact) mass is 411 g/mol. The fraction of sp³-hybridized carbons (Fsp3) is 0.304. The summed E-state index contributed by atoms with van der Waals surface area (Å²) in [6.45, 7) is 3.77. The second kappa shape index (κ2) is 9.54. The number of benzene rings is 2. The molecule has 0 aliphatic heterocycles. The number of halogens is 1. The first-order chi connectivity index (χ1) is 14.4. The summed E-state index contributed by atoms with van der Waals surface area (Å²) < 4.78 is 19.0. The summed E-state index contributed by atoms with van der Waals surface area (Å²) in [5.74, 6) is 0.0952. The Labute approximate surface area is 175 Å². The first kappa shape index (κ1) is 21.5. The second-order valence-electron chi connectivity index (χ2n) is 7.19. The summed E-state index contributed by atoms with van der Waals surface area (Å²) in [5, 5.41) is 17.0. The molecule has 6 nitrogen and oxygen atoms in total. The van der Waals surface area contributed by atoms with Crippen molar-refractivity contribution in [3.8, 4) is 5.75 Å². The molecule has 3 rings (SSSR count). The molecule has 7 heteroatoms. The normalized spacial score (nSPS) is 13.0. The molecule has 1 amide bonds. The molecular weight excluding hydrogens is 385 g/mol. The van der Waals surface area contributed by atoms with Gasteiger partial charge in [0, 0.05) is 23.2 Å². The molecule has 0 spiro atoms. The number of pyridine rings is 1. The van der Waals surface area contributed by atoms with Crippen molar-refractivity contribution in [2.45, 2.75) is 32.4 Å². The number of hydrogen-bond donors (Lipinski definition) is 3. The van der Waals surface area contributed by atoms with Crippen molar-refractivity contribution in [3.05, 3.63) is 65.6 Å². The average molecular weight is 411 g/mol. The summed E-state index contributed by atoms with van der Waals surface area (Å²) in [5.41, 5.74) is 1.18. The highest BCUT2D eigenvalue weighted by Gasteiger charge is 2.16. The van der Waals surface area contributed by atoms with Crippen LogP contribution in [0.15, 0.2) is 48.7 Å². The Hall–Kier alpha value is -3.19. The van der Waals surface area contributed by atoms with E-state index in [1.807, 2.05) is 26.0 Å². The van der Waals surface area contributed by atoms with Crippen LogP contribution in [0.5, 0.6) is 5.75 Å². The summed E-state index contributed by atoms with van der Waals surface area (Å²) in [7, 11) is 1.41. The quantitative estimate of drug-likeness (QED) is 0.521. The van der Waals surface area contributed by atoms with Crippen LogP contribution in [-0.4, -0.2) is 35.8 Å². The fourth-order valence-electron chi connectivity index (χ4n) is 3.22. The van der Waals surface area contributed by atoms with E-state index >= 15 is 0 Å². The highest BCUT2D eigenvalue weighted by Crippen LogP contribution is 2.25. The molecule has 3 N–H and O–H groups in total. The molecule has 3 aromatic rings. The van der Waals surface area contributed by atoms with Gasteiger partial charge < -0.3 is 20.5 Å². The van der Waals surface area contributed by atoms with Crippen LogP contribution in [0.4, 0.5) is 10.2 Å². The van der Waals surface area contributed by atoms with Crippen molar-refractivity contribution in [1.29, 1.82) is 0 Å². The third kappa shape index (κ3) is 4.86. The molecule has 0 aliphatic carbocycles. The fourth-order valence-corrected chi connectivity index (χ4v) is 3.22. The lowest BCUT2D eigenvalue weighted by Crippen LogP contribution is -2.28. The molecule has 2 aromatic carbocycles. The van der Waals surface area contributed by atoms with Crippen LogP contribution in [0.1, 0.15) is 42.2 Å². The highest BCUT2D eigenvalue weighted by atomic mass is 19.1. The van der Waals surface area contributed by atoms with Gasteiger partial charge in [0.15, 0.2) is 11.6 Å². The van der Waals surface area contributed by atoms with Crippen molar-refractivity contribution >= 4 is 22.5 Å². The Bertz CT molecular complexity index is 1040. The summed E-state index contributed by atoms with van der Waals surface area (Å²) >= 11 is 0. The summed E-state index contributed by atoms with van der Waals surface area (Å²) in [6, 6.07) is 11.5. The number of aliphatic hydroxyl groups is 1. The molecule has 1 heterocycles. The van der Waals surface area contributed by atoms with Gasteiger partial charge in [-0.1, -0.05) is 19.1 Å². The minimum atomic E-state index is -0.460. The standard InChI is InChI=1S/C23H26FN3O3/c1-4-20(15-7-8-21(30-3)19(24)10-15)27-23(29)16-5-6-17-12-25-22(11-18(17)9-16)26-14(2)13-28/h5-12,14,20,28H,4,13H2,1-3H3,(H,25,26)(H,27,29). The Morgan fingerprint density at radius 1 is 1.20 bits per heavy atom. The molecule has 0 saturated heterocycles. The Kier molecular flexibility index (Phi) is 6.84. The predicted molar refractivity (Wildman–Crippen MR) is 115 cm³/mol. The lowest BCUT2D eigenvalue weighted by molar-refractivity contribution is 0.0935. The van der Waals surface area contributed by atoms with E-state index in [1.54, 1.807) is 30.5 Å². The molecule has 0 fully saturated rings. The summed E-state index contributed by atoms with van der Waals surface area (Å²) in [4.78, 5) is 17.2. The predicted octanol–water partition coefficient (Wildman–Crippen LogP) is 4.06. The van der Waals surface area contributed by atoms with Gasteiger partial charge >= 0.3 is 0 Å². The number of methoxy groups -OCH3 is 1. The average Bonchev–Trinajstić information content (AvgIpc) is 2.76. The minimum absolute atomic E-state index is 0.00742. The van der Waals surface area contributed by atoms with Gasteiger partial charge in [-0.3, -0.25) is 4.79 Å². The van der Waals surface area contributed by atoms with Gasteiger partial charge in [0.1, 0.15) is 5.82 Å². The van der Waals surface area contributed by atoms with Crippen LogP contribution < -0.4 is 15.4 Å². The number of aliphatic hydroxyl groups excluding tert-OH is 1. The van der Waals surface area contributed by atoms with Crippen molar-refractivity contribution in [1.82, 2.24) is 10.3 Å². The van der Waals surface area contributed by atoms with Gasteiger partial charge in [-0.05, 0) is 54.6 Å². The zero-order valence-electron chi connectivity index (χ0n) is 17.3. The number of rotatable bonds is 8. The second-order valence-corrected chi connectivity index (χ2v) is 7.19. The molecule has 1 aromatic heterocycles. The molecule has 2 atom stereocenters. The van der Waals surface area contributed by atoms with Crippen LogP contribution in [-0.2, 0) is 0 Å². The molecule has 2 unspecified atom stereocenters. The molecular formula is C23H26FN3O3. The van der Waals surface area contributed by atoms with Crippen molar-refractivity contribution in [2.75, 3.05) is 19.0 Å². The van der Waals surface area contributed by atoms with Crippen LogP contribution in [0.2, 0.25) is 0 Å². The van der Waals surface area contributed by atoms with Crippen LogP contribution in [0.3, 0.4) is 0 Å². The van der Waals surface area contributed by atoms with E-state index in [4.69, 9.17) is 4.74 Å². The molecule has 0 radical (unpaired) electrons. The number of carbonyl (C=O) groups is 1. The van der Waals surface area contributed by atoms with Gasteiger partial charge in [-0.2, -0.15) is 0 Å². The molecule has 0 aliphatic rings. The number of carbonyl (C=O) groups excluding carboxylic acids is 1. The molecule has 0 bridgehead atoms. The van der Waals surface area contributed by atoms with Crippen molar-refractivity contribution < 1.29 is 19.0 Å². The third-order valence-electron chi connectivity index (χ3n) is 4.94. The van der Waals surface area contributed by atoms with Gasteiger partial charge in [0.25, 0.3) is 5.91 Å². The van der Waals surface area contributed by atoms with E-state index < -0.39 is 5.82 Å². The van der Waals surface area contributed by atoms with E-state index in [-0.39, 0.29) is 30.3 Å². The highest BCUT2D eigenvalue weighted by molar-refractivity contribution is 5.99. The zero-order chi connectivity index (χ0) is 21.7. The number of amides is 1. The molecule has 158 valence electrons.